The molecule has 24 heavy (non-hydrogen) atoms. The second-order valence-electron chi connectivity index (χ2n) is 5.51. The van der Waals surface area contributed by atoms with Crippen molar-refractivity contribution in [3.8, 4) is 5.75 Å². The van der Waals surface area contributed by atoms with Crippen LogP contribution in [0.2, 0.25) is 0 Å². The highest BCUT2D eigenvalue weighted by Gasteiger charge is 2.26. The molecule has 0 aliphatic carbocycles. The molecule has 0 saturated carbocycles. The first kappa shape index (κ1) is 16.0. The molecule has 4 nitrogen and oxygen atoms in total. The average molecular weight is 321 g/mol. The molecule has 2 aromatic rings. The van der Waals surface area contributed by atoms with Crippen molar-refractivity contribution in [3.63, 3.8) is 0 Å². The van der Waals surface area contributed by atoms with Gasteiger partial charge in [-0.3, -0.25) is 0 Å². The van der Waals surface area contributed by atoms with E-state index >= 15 is 0 Å². The first-order chi connectivity index (χ1) is 11.8. The van der Waals surface area contributed by atoms with Crippen LogP contribution in [0.15, 0.2) is 65.3 Å². The minimum atomic E-state index is -0.433. The van der Waals surface area contributed by atoms with Gasteiger partial charge in [0, 0.05) is 5.56 Å². The number of unbranched alkanes of at least 4 members (excludes halogenated alkanes) is 1. The van der Waals surface area contributed by atoms with Crippen molar-refractivity contribution in [1.82, 2.24) is 0 Å². The van der Waals surface area contributed by atoms with Crippen LogP contribution < -0.4 is 4.74 Å². The zero-order valence-electron chi connectivity index (χ0n) is 13.6. The quantitative estimate of drug-likeness (QED) is 0.455. The zero-order valence-corrected chi connectivity index (χ0v) is 13.6. The molecule has 3 rings (SSSR count). The third kappa shape index (κ3) is 3.71. The van der Waals surface area contributed by atoms with Crippen molar-refractivity contribution >= 4 is 17.8 Å². The SMILES string of the molecule is CCCCOc1ccc(C=C2C(=O)ON=C2c2ccccc2)cc1. The number of carbonyl (C=O) groups excluding carboxylic acids is 1. The number of hydrogen-bond donors (Lipinski definition) is 0. The minimum absolute atomic E-state index is 0.433. The summed E-state index contributed by atoms with van der Waals surface area (Å²) in [6.07, 6.45) is 3.93. The molecule has 122 valence electrons. The van der Waals surface area contributed by atoms with Gasteiger partial charge in [0.25, 0.3) is 0 Å². The van der Waals surface area contributed by atoms with E-state index in [2.05, 4.69) is 12.1 Å². The Labute approximate surface area is 141 Å². The molecule has 0 unspecified atom stereocenters. The first-order valence-electron chi connectivity index (χ1n) is 8.07. The van der Waals surface area contributed by atoms with Gasteiger partial charge in [-0.25, -0.2) is 4.79 Å². The van der Waals surface area contributed by atoms with Crippen LogP contribution in [0.3, 0.4) is 0 Å². The predicted octanol–water partition coefficient (Wildman–Crippen LogP) is 4.21. The second-order valence-corrected chi connectivity index (χ2v) is 5.51. The summed E-state index contributed by atoms with van der Waals surface area (Å²) in [6.45, 7) is 2.85. The Morgan fingerprint density at radius 2 is 1.83 bits per heavy atom. The van der Waals surface area contributed by atoms with E-state index in [1.54, 1.807) is 6.08 Å². The van der Waals surface area contributed by atoms with Crippen molar-refractivity contribution in [2.75, 3.05) is 6.61 Å². The normalized spacial score (nSPS) is 15.3. The van der Waals surface area contributed by atoms with Crippen molar-refractivity contribution in [2.45, 2.75) is 19.8 Å². The topological polar surface area (TPSA) is 47.9 Å². The molecule has 0 spiro atoms. The van der Waals surface area contributed by atoms with Gasteiger partial charge in [-0.15, -0.1) is 0 Å². The fourth-order valence-electron chi connectivity index (χ4n) is 2.37. The Kier molecular flexibility index (Phi) is 5.06. The summed E-state index contributed by atoms with van der Waals surface area (Å²) in [5.74, 6) is 0.397. The fourth-order valence-corrected chi connectivity index (χ4v) is 2.37. The molecule has 0 saturated heterocycles. The van der Waals surface area contributed by atoms with Gasteiger partial charge in [-0.05, 0) is 30.2 Å². The molecular weight excluding hydrogens is 302 g/mol. The van der Waals surface area contributed by atoms with Crippen LogP contribution in [-0.4, -0.2) is 18.3 Å². The Bertz CT molecular complexity index is 761. The summed E-state index contributed by atoms with van der Waals surface area (Å²) in [5.41, 5.74) is 2.77. The van der Waals surface area contributed by atoms with E-state index in [-0.39, 0.29) is 0 Å². The summed E-state index contributed by atoms with van der Waals surface area (Å²) in [7, 11) is 0. The van der Waals surface area contributed by atoms with Crippen LogP contribution in [0, 0.1) is 0 Å². The lowest BCUT2D eigenvalue weighted by Crippen LogP contribution is -2.06. The summed E-state index contributed by atoms with van der Waals surface area (Å²) in [4.78, 5) is 16.8. The van der Waals surface area contributed by atoms with Gasteiger partial charge in [-0.1, -0.05) is 61.0 Å². The van der Waals surface area contributed by atoms with Gasteiger partial charge in [0.1, 0.15) is 11.5 Å². The van der Waals surface area contributed by atoms with E-state index in [4.69, 9.17) is 9.57 Å². The van der Waals surface area contributed by atoms with Crippen LogP contribution in [0.5, 0.6) is 5.75 Å². The lowest BCUT2D eigenvalue weighted by Gasteiger charge is -2.05. The molecule has 1 aliphatic rings. The van der Waals surface area contributed by atoms with E-state index in [9.17, 15) is 4.79 Å². The van der Waals surface area contributed by atoms with Crippen LogP contribution in [0.25, 0.3) is 6.08 Å². The third-order valence-electron chi connectivity index (χ3n) is 3.70. The molecular formula is C20H19NO3. The van der Waals surface area contributed by atoms with Gasteiger partial charge in [-0.2, -0.15) is 0 Å². The summed E-state index contributed by atoms with van der Waals surface area (Å²) in [5, 5.41) is 3.91. The third-order valence-corrected chi connectivity index (χ3v) is 3.70. The van der Waals surface area contributed by atoms with Gasteiger partial charge in [0.15, 0.2) is 0 Å². The minimum Gasteiger partial charge on any atom is -0.494 e. The molecule has 0 aromatic heterocycles. The van der Waals surface area contributed by atoms with Gasteiger partial charge in [0.2, 0.25) is 0 Å². The zero-order chi connectivity index (χ0) is 16.8. The van der Waals surface area contributed by atoms with Crippen molar-refractivity contribution < 1.29 is 14.4 Å². The maximum absolute atomic E-state index is 12.0. The molecule has 0 radical (unpaired) electrons. The summed E-state index contributed by atoms with van der Waals surface area (Å²) < 4.78 is 5.65. The van der Waals surface area contributed by atoms with E-state index in [1.165, 1.54) is 0 Å². The number of nitrogens with zero attached hydrogens (tertiary/aromatic N) is 1. The van der Waals surface area contributed by atoms with E-state index in [0.717, 1.165) is 29.7 Å². The van der Waals surface area contributed by atoms with Crippen LogP contribution >= 0.6 is 0 Å². The predicted molar refractivity (Wildman–Crippen MR) is 93.9 cm³/mol. The van der Waals surface area contributed by atoms with Gasteiger partial charge >= 0.3 is 5.97 Å². The van der Waals surface area contributed by atoms with E-state index < -0.39 is 5.97 Å². The Morgan fingerprint density at radius 3 is 2.54 bits per heavy atom. The van der Waals surface area contributed by atoms with E-state index in [1.807, 2.05) is 54.6 Å². The number of carbonyl (C=O) groups is 1. The highest BCUT2D eigenvalue weighted by atomic mass is 16.7. The highest BCUT2D eigenvalue weighted by molar-refractivity contribution is 6.31. The number of oxime groups is 1. The number of benzene rings is 2. The fraction of sp³-hybridized carbons (Fsp3) is 0.200. The Morgan fingerprint density at radius 1 is 1.08 bits per heavy atom. The number of rotatable bonds is 6. The lowest BCUT2D eigenvalue weighted by molar-refractivity contribution is -0.136. The van der Waals surface area contributed by atoms with Gasteiger partial charge < -0.3 is 9.57 Å². The maximum atomic E-state index is 12.0. The van der Waals surface area contributed by atoms with Crippen LogP contribution in [-0.2, 0) is 9.63 Å². The van der Waals surface area contributed by atoms with Crippen molar-refractivity contribution in [3.05, 3.63) is 71.3 Å². The van der Waals surface area contributed by atoms with E-state index in [0.29, 0.717) is 17.9 Å². The molecule has 0 fully saturated rings. The standard InChI is InChI=1S/C20H19NO3/c1-2-3-13-23-17-11-9-15(10-12-17)14-18-19(21-24-20(18)22)16-7-5-4-6-8-16/h4-12,14H,2-3,13H2,1H3. The van der Waals surface area contributed by atoms with Gasteiger partial charge in [0.05, 0.1) is 12.2 Å². The molecule has 0 amide bonds. The Hall–Kier alpha value is -2.88. The molecule has 2 aromatic carbocycles. The summed E-state index contributed by atoms with van der Waals surface area (Å²) >= 11 is 0. The van der Waals surface area contributed by atoms with Crippen molar-refractivity contribution in [1.29, 1.82) is 0 Å². The first-order valence-corrected chi connectivity index (χ1v) is 8.07. The average Bonchev–Trinajstić information content (AvgIpc) is 2.98. The largest absolute Gasteiger partial charge is 0.494 e. The Balaban J connectivity index is 1.79. The molecule has 1 aliphatic heterocycles. The molecule has 0 atom stereocenters. The molecule has 1 heterocycles. The van der Waals surface area contributed by atoms with Crippen molar-refractivity contribution in [2.24, 2.45) is 5.16 Å². The number of hydrogen-bond acceptors (Lipinski definition) is 4. The monoisotopic (exact) mass is 321 g/mol. The highest BCUT2D eigenvalue weighted by Crippen LogP contribution is 2.22. The molecule has 0 bridgehead atoms. The molecule has 4 heteroatoms. The second kappa shape index (κ2) is 7.59. The molecule has 0 N–H and O–H groups in total. The van der Waals surface area contributed by atoms with Crippen LogP contribution in [0.1, 0.15) is 30.9 Å². The summed E-state index contributed by atoms with van der Waals surface area (Å²) in [6, 6.07) is 17.2. The number of ether oxygens (including phenoxy) is 1. The maximum Gasteiger partial charge on any atom is 0.368 e. The smallest absolute Gasteiger partial charge is 0.368 e. The lowest BCUT2D eigenvalue weighted by atomic mass is 10.0. The van der Waals surface area contributed by atoms with Crippen LogP contribution in [0.4, 0.5) is 0 Å².